The maximum absolute atomic E-state index is 12.6. The van der Waals surface area contributed by atoms with E-state index in [4.69, 9.17) is 13.6 Å². The number of furan rings is 2. The van der Waals surface area contributed by atoms with E-state index in [9.17, 15) is 9.90 Å². The van der Waals surface area contributed by atoms with Crippen molar-refractivity contribution in [3.63, 3.8) is 0 Å². The molecule has 0 atom stereocenters. The Bertz CT molecular complexity index is 1170. The first-order valence-electron chi connectivity index (χ1n) is 8.93. The third-order valence-electron chi connectivity index (χ3n) is 4.32. The Morgan fingerprint density at radius 1 is 1.10 bits per heavy atom. The minimum atomic E-state index is -0.153. The molecule has 0 fully saturated rings. The molecule has 0 aliphatic rings. The van der Waals surface area contributed by atoms with Crippen molar-refractivity contribution in [3.8, 4) is 34.4 Å². The van der Waals surface area contributed by atoms with E-state index in [2.05, 4.69) is 15.2 Å². The number of phenols is 1. The smallest absolute Gasteiger partial charge is 0.210 e. The van der Waals surface area contributed by atoms with Crippen LogP contribution in [0.1, 0.15) is 15.9 Å². The number of aromatic hydroxyl groups is 1. The summed E-state index contributed by atoms with van der Waals surface area (Å²) >= 11 is 1.15. The number of aryl methyl sites for hydroxylation is 1. The van der Waals surface area contributed by atoms with Gasteiger partial charge >= 0.3 is 0 Å². The number of thioether (sulfide) groups is 1. The molecule has 0 radical (unpaired) electrons. The Morgan fingerprint density at radius 2 is 1.80 bits per heavy atom. The molecule has 30 heavy (non-hydrogen) atoms. The van der Waals surface area contributed by atoms with Gasteiger partial charge in [0, 0.05) is 5.56 Å². The molecule has 3 aromatic heterocycles. The summed E-state index contributed by atoms with van der Waals surface area (Å²) in [5.74, 6) is 1.24. The average molecular weight is 423 g/mol. The van der Waals surface area contributed by atoms with Gasteiger partial charge in [-0.1, -0.05) is 11.8 Å². The first-order chi connectivity index (χ1) is 14.6. The van der Waals surface area contributed by atoms with E-state index < -0.39 is 0 Å². The lowest BCUT2D eigenvalue weighted by molar-refractivity contribution is 0.102. The van der Waals surface area contributed by atoms with Crippen LogP contribution in [-0.4, -0.2) is 38.9 Å². The van der Waals surface area contributed by atoms with Gasteiger partial charge in [-0.2, -0.15) is 0 Å². The summed E-state index contributed by atoms with van der Waals surface area (Å²) in [7, 11) is 1.44. The minimum Gasteiger partial charge on any atom is -0.504 e. The number of aromatic nitrogens is 3. The van der Waals surface area contributed by atoms with Gasteiger partial charge in [0.25, 0.3) is 0 Å². The number of nitrogens with zero attached hydrogens (tertiary/aromatic N) is 3. The second-order valence-corrected chi connectivity index (χ2v) is 7.24. The number of phenolic OH excluding ortho intramolecular Hbond substituents is 1. The van der Waals surface area contributed by atoms with Crippen LogP contribution in [0.2, 0.25) is 0 Å². The second-order valence-electron chi connectivity index (χ2n) is 6.30. The SMILES string of the molecule is COc1cc(C(=O)CSc2nnc(-c3ccco3)c(-c3ccco3)n2)cc(C)c1O. The molecule has 0 saturated heterocycles. The Kier molecular flexibility index (Phi) is 5.53. The van der Waals surface area contributed by atoms with Crippen molar-refractivity contribution in [1.29, 1.82) is 0 Å². The fraction of sp³-hybridized carbons (Fsp3) is 0.143. The first kappa shape index (κ1) is 19.7. The third-order valence-corrected chi connectivity index (χ3v) is 5.15. The molecule has 1 N–H and O–H groups in total. The molecule has 8 nitrogen and oxygen atoms in total. The fourth-order valence-corrected chi connectivity index (χ4v) is 3.50. The van der Waals surface area contributed by atoms with Crippen LogP contribution in [0, 0.1) is 6.92 Å². The van der Waals surface area contributed by atoms with E-state index in [0.29, 0.717) is 39.2 Å². The van der Waals surface area contributed by atoms with E-state index in [1.807, 2.05) is 0 Å². The molecule has 0 amide bonds. The Balaban J connectivity index is 1.58. The van der Waals surface area contributed by atoms with Gasteiger partial charge in [-0.15, -0.1) is 10.2 Å². The van der Waals surface area contributed by atoms with Gasteiger partial charge in [0.15, 0.2) is 34.5 Å². The van der Waals surface area contributed by atoms with E-state index >= 15 is 0 Å². The molecule has 0 saturated carbocycles. The van der Waals surface area contributed by atoms with Gasteiger partial charge in [-0.25, -0.2) is 4.98 Å². The van der Waals surface area contributed by atoms with Gasteiger partial charge in [0.2, 0.25) is 5.16 Å². The molecule has 4 rings (SSSR count). The van der Waals surface area contributed by atoms with Crippen LogP contribution in [0.25, 0.3) is 22.9 Å². The standard InChI is InChI=1S/C21H17N3O5S/c1-12-9-13(10-17(27-2)20(12)26)14(25)11-30-21-22-18(15-5-3-7-28-15)19(23-24-21)16-6-4-8-29-16/h3-10,26H,11H2,1-2H3. The van der Waals surface area contributed by atoms with Crippen molar-refractivity contribution in [1.82, 2.24) is 15.2 Å². The van der Waals surface area contributed by atoms with Gasteiger partial charge in [-0.3, -0.25) is 4.79 Å². The number of carbonyl (C=O) groups excluding carboxylic acids is 1. The Hall–Kier alpha value is -3.59. The van der Waals surface area contributed by atoms with Crippen molar-refractivity contribution < 1.29 is 23.5 Å². The lowest BCUT2D eigenvalue weighted by atomic mass is 10.1. The third kappa shape index (κ3) is 3.92. The van der Waals surface area contributed by atoms with Gasteiger partial charge in [0.05, 0.1) is 25.4 Å². The molecule has 0 unspecified atom stereocenters. The number of hydrogen-bond acceptors (Lipinski definition) is 9. The minimum absolute atomic E-state index is 0.0193. The molecule has 1 aromatic carbocycles. The van der Waals surface area contributed by atoms with Crippen LogP contribution in [0.15, 0.2) is 62.9 Å². The molecule has 0 aliphatic heterocycles. The highest BCUT2D eigenvalue weighted by Gasteiger charge is 2.19. The summed E-state index contributed by atoms with van der Waals surface area (Å²) in [4.78, 5) is 17.2. The second kappa shape index (κ2) is 8.42. The van der Waals surface area contributed by atoms with Crippen LogP contribution < -0.4 is 4.74 Å². The number of ketones is 1. The molecule has 3 heterocycles. The highest BCUT2D eigenvalue weighted by atomic mass is 32.2. The highest BCUT2D eigenvalue weighted by Crippen LogP contribution is 2.32. The number of benzene rings is 1. The van der Waals surface area contributed by atoms with E-state index in [0.717, 1.165) is 11.8 Å². The van der Waals surface area contributed by atoms with Crippen molar-refractivity contribution >= 4 is 17.5 Å². The predicted molar refractivity (Wildman–Crippen MR) is 110 cm³/mol. The van der Waals surface area contributed by atoms with Gasteiger partial charge in [0.1, 0.15) is 5.69 Å². The topological polar surface area (TPSA) is 111 Å². The van der Waals surface area contributed by atoms with Crippen molar-refractivity contribution in [3.05, 3.63) is 60.1 Å². The van der Waals surface area contributed by atoms with E-state index in [1.165, 1.54) is 19.4 Å². The van der Waals surface area contributed by atoms with Crippen LogP contribution in [0.3, 0.4) is 0 Å². The van der Waals surface area contributed by atoms with Crippen molar-refractivity contribution in [2.24, 2.45) is 0 Å². The zero-order chi connectivity index (χ0) is 21.1. The van der Waals surface area contributed by atoms with E-state index in [-0.39, 0.29) is 23.0 Å². The van der Waals surface area contributed by atoms with Crippen LogP contribution in [-0.2, 0) is 0 Å². The Labute approximate surface area is 175 Å². The number of rotatable bonds is 7. The summed E-state index contributed by atoms with van der Waals surface area (Å²) in [5.41, 5.74) is 1.91. The summed E-state index contributed by atoms with van der Waals surface area (Å²) < 4.78 is 16.0. The van der Waals surface area contributed by atoms with Gasteiger partial charge in [-0.05, 0) is 48.9 Å². The number of ether oxygens (including phenoxy) is 1. The largest absolute Gasteiger partial charge is 0.504 e. The predicted octanol–water partition coefficient (Wildman–Crippen LogP) is 4.39. The molecule has 9 heteroatoms. The number of carbonyl (C=O) groups is 1. The van der Waals surface area contributed by atoms with Crippen molar-refractivity contribution in [2.45, 2.75) is 12.1 Å². The monoisotopic (exact) mass is 423 g/mol. The molecular formula is C21H17N3O5S. The molecule has 0 bridgehead atoms. The summed E-state index contributed by atoms with van der Waals surface area (Å²) in [6.45, 7) is 1.71. The normalized spacial score (nSPS) is 10.9. The summed E-state index contributed by atoms with van der Waals surface area (Å²) in [6, 6.07) is 10.2. The molecule has 0 spiro atoms. The lowest BCUT2D eigenvalue weighted by Crippen LogP contribution is -2.05. The van der Waals surface area contributed by atoms with Crippen LogP contribution in [0.5, 0.6) is 11.5 Å². The summed E-state index contributed by atoms with van der Waals surface area (Å²) in [5, 5.41) is 18.6. The molecule has 0 aliphatic carbocycles. The van der Waals surface area contributed by atoms with Crippen molar-refractivity contribution in [2.75, 3.05) is 12.9 Å². The first-order valence-corrected chi connectivity index (χ1v) is 9.91. The average Bonchev–Trinajstić information content (AvgIpc) is 3.48. The summed E-state index contributed by atoms with van der Waals surface area (Å²) in [6.07, 6.45) is 3.08. The van der Waals surface area contributed by atoms with Gasteiger partial charge < -0.3 is 18.7 Å². The lowest BCUT2D eigenvalue weighted by Gasteiger charge is -2.09. The maximum atomic E-state index is 12.6. The number of Topliss-reactive ketones (excluding diaryl/α,β-unsaturated/α-hetero) is 1. The number of methoxy groups -OCH3 is 1. The molecular weight excluding hydrogens is 406 g/mol. The van der Waals surface area contributed by atoms with Crippen LogP contribution in [0.4, 0.5) is 0 Å². The zero-order valence-electron chi connectivity index (χ0n) is 16.2. The molecule has 152 valence electrons. The Morgan fingerprint density at radius 3 is 2.43 bits per heavy atom. The molecule has 4 aromatic rings. The fourth-order valence-electron chi connectivity index (χ4n) is 2.81. The van der Waals surface area contributed by atoms with Crippen LogP contribution >= 0.6 is 11.8 Å². The quantitative estimate of drug-likeness (QED) is 0.342. The zero-order valence-corrected chi connectivity index (χ0v) is 17.0. The van der Waals surface area contributed by atoms with E-state index in [1.54, 1.807) is 43.5 Å². The number of hydrogen-bond donors (Lipinski definition) is 1. The maximum Gasteiger partial charge on any atom is 0.210 e. The highest BCUT2D eigenvalue weighted by molar-refractivity contribution is 7.99.